The van der Waals surface area contributed by atoms with Crippen LogP contribution in [0.1, 0.15) is 52.9 Å². The zero-order valence-corrected chi connectivity index (χ0v) is 9.68. The molecule has 0 aliphatic heterocycles. The van der Waals surface area contributed by atoms with Gasteiger partial charge < -0.3 is 5.32 Å². The van der Waals surface area contributed by atoms with Gasteiger partial charge >= 0.3 is 0 Å². The molecule has 2 unspecified atom stereocenters. The Hall–Kier alpha value is -0.530. The molecular weight excluding hydrogens is 174 g/mol. The molecule has 0 heterocycles. The van der Waals surface area contributed by atoms with Crippen LogP contribution in [0.25, 0.3) is 0 Å². The fourth-order valence-corrected chi connectivity index (χ4v) is 2.16. The molecule has 0 radical (unpaired) electrons. The average molecular weight is 197 g/mol. The van der Waals surface area contributed by atoms with Crippen LogP contribution in [0.3, 0.4) is 0 Å². The molecule has 0 aromatic carbocycles. The molecule has 82 valence electrons. The first kappa shape index (κ1) is 11.5. The molecule has 1 rings (SSSR count). The molecule has 1 saturated carbocycles. The molecule has 0 bridgehead atoms. The molecule has 1 aliphatic carbocycles. The van der Waals surface area contributed by atoms with Crippen LogP contribution in [-0.2, 0) is 4.79 Å². The van der Waals surface area contributed by atoms with Crippen LogP contribution < -0.4 is 5.32 Å². The lowest BCUT2D eigenvalue weighted by molar-refractivity contribution is -0.125. The fraction of sp³-hybridized carbons (Fsp3) is 0.917. The molecule has 1 N–H and O–H groups in total. The van der Waals surface area contributed by atoms with Crippen LogP contribution in [0.2, 0.25) is 0 Å². The van der Waals surface area contributed by atoms with E-state index in [2.05, 4.69) is 12.2 Å². The SMILES string of the molecule is CCC1CCCC(NC(=O)C(C)C)C1. The Morgan fingerprint density at radius 1 is 1.43 bits per heavy atom. The number of rotatable bonds is 3. The number of amides is 1. The first-order valence-corrected chi connectivity index (χ1v) is 5.93. The maximum atomic E-state index is 11.5. The van der Waals surface area contributed by atoms with Gasteiger partial charge in [0, 0.05) is 12.0 Å². The van der Waals surface area contributed by atoms with E-state index in [1.165, 1.54) is 32.1 Å². The summed E-state index contributed by atoms with van der Waals surface area (Å²) in [6.07, 6.45) is 6.25. The summed E-state index contributed by atoms with van der Waals surface area (Å²) < 4.78 is 0. The second-order valence-electron chi connectivity index (χ2n) is 4.80. The molecule has 2 nitrogen and oxygen atoms in total. The fourth-order valence-electron chi connectivity index (χ4n) is 2.16. The van der Waals surface area contributed by atoms with Crippen LogP contribution >= 0.6 is 0 Å². The first-order valence-electron chi connectivity index (χ1n) is 5.93. The zero-order valence-electron chi connectivity index (χ0n) is 9.68. The lowest BCUT2D eigenvalue weighted by Gasteiger charge is -2.29. The molecule has 0 saturated heterocycles. The van der Waals surface area contributed by atoms with Crippen molar-refractivity contribution in [2.75, 3.05) is 0 Å². The monoisotopic (exact) mass is 197 g/mol. The van der Waals surface area contributed by atoms with Crippen molar-refractivity contribution in [2.24, 2.45) is 11.8 Å². The number of nitrogens with one attached hydrogen (secondary N) is 1. The Kier molecular flexibility index (Phi) is 4.43. The third kappa shape index (κ3) is 3.32. The predicted octanol–water partition coefficient (Wildman–Crippen LogP) is 2.73. The van der Waals surface area contributed by atoms with Crippen molar-refractivity contribution in [3.63, 3.8) is 0 Å². The molecule has 0 spiro atoms. The topological polar surface area (TPSA) is 29.1 Å². The molecule has 2 heteroatoms. The van der Waals surface area contributed by atoms with Gasteiger partial charge in [0.2, 0.25) is 5.91 Å². The van der Waals surface area contributed by atoms with E-state index >= 15 is 0 Å². The smallest absolute Gasteiger partial charge is 0.222 e. The summed E-state index contributed by atoms with van der Waals surface area (Å²) in [4.78, 5) is 11.5. The highest BCUT2D eigenvalue weighted by atomic mass is 16.1. The molecule has 1 fully saturated rings. The van der Waals surface area contributed by atoms with Gasteiger partial charge in [-0.25, -0.2) is 0 Å². The second kappa shape index (κ2) is 5.38. The van der Waals surface area contributed by atoms with E-state index in [9.17, 15) is 4.79 Å². The minimum atomic E-state index is 0.122. The Balaban J connectivity index is 2.34. The lowest BCUT2D eigenvalue weighted by atomic mass is 9.84. The minimum Gasteiger partial charge on any atom is -0.353 e. The maximum Gasteiger partial charge on any atom is 0.222 e. The van der Waals surface area contributed by atoms with Crippen LogP contribution in [0.4, 0.5) is 0 Å². The Labute approximate surface area is 87.5 Å². The average Bonchev–Trinajstić information content (AvgIpc) is 2.18. The summed E-state index contributed by atoms with van der Waals surface area (Å²) in [5.74, 6) is 1.17. The van der Waals surface area contributed by atoms with E-state index in [-0.39, 0.29) is 11.8 Å². The first-order chi connectivity index (χ1) is 6.63. The molecule has 0 aromatic heterocycles. The van der Waals surface area contributed by atoms with Gasteiger partial charge in [-0.1, -0.05) is 40.0 Å². The van der Waals surface area contributed by atoms with Crippen molar-refractivity contribution in [2.45, 2.75) is 58.9 Å². The molecule has 1 amide bonds. The highest BCUT2D eigenvalue weighted by Crippen LogP contribution is 2.26. The van der Waals surface area contributed by atoms with Gasteiger partial charge in [-0.3, -0.25) is 4.79 Å². The van der Waals surface area contributed by atoms with Crippen LogP contribution in [-0.4, -0.2) is 11.9 Å². The lowest BCUT2D eigenvalue weighted by Crippen LogP contribution is -2.40. The summed E-state index contributed by atoms with van der Waals surface area (Å²) in [5.41, 5.74) is 0. The standard InChI is InChI=1S/C12H23NO/c1-4-10-6-5-7-11(8-10)13-12(14)9(2)3/h9-11H,4-8H2,1-3H3,(H,13,14). The Morgan fingerprint density at radius 3 is 2.71 bits per heavy atom. The Morgan fingerprint density at radius 2 is 2.14 bits per heavy atom. The van der Waals surface area contributed by atoms with Crippen LogP contribution in [0.5, 0.6) is 0 Å². The van der Waals surface area contributed by atoms with E-state index in [1.807, 2.05) is 13.8 Å². The normalized spacial score (nSPS) is 27.7. The third-order valence-corrected chi connectivity index (χ3v) is 3.23. The zero-order chi connectivity index (χ0) is 10.6. The summed E-state index contributed by atoms with van der Waals surface area (Å²) in [5, 5.41) is 3.14. The molecular formula is C12H23NO. The van der Waals surface area contributed by atoms with E-state index in [0.29, 0.717) is 6.04 Å². The van der Waals surface area contributed by atoms with Gasteiger partial charge in [0.15, 0.2) is 0 Å². The van der Waals surface area contributed by atoms with Crippen molar-refractivity contribution in [1.82, 2.24) is 5.32 Å². The van der Waals surface area contributed by atoms with Crippen molar-refractivity contribution < 1.29 is 4.79 Å². The van der Waals surface area contributed by atoms with E-state index < -0.39 is 0 Å². The van der Waals surface area contributed by atoms with Crippen LogP contribution in [0, 0.1) is 11.8 Å². The summed E-state index contributed by atoms with van der Waals surface area (Å²) in [6.45, 7) is 6.16. The van der Waals surface area contributed by atoms with Crippen molar-refractivity contribution in [3.05, 3.63) is 0 Å². The minimum absolute atomic E-state index is 0.122. The van der Waals surface area contributed by atoms with Gasteiger partial charge in [0.05, 0.1) is 0 Å². The van der Waals surface area contributed by atoms with E-state index in [1.54, 1.807) is 0 Å². The predicted molar refractivity (Wildman–Crippen MR) is 59.0 cm³/mol. The molecule has 2 atom stereocenters. The largest absolute Gasteiger partial charge is 0.353 e. The molecule has 0 aromatic rings. The van der Waals surface area contributed by atoms with Gasteiger partial charge in [0.1, 0.15) is 0 Å². The van der Waals surface area contributed by atoms with Gasteiger partial charge in [-0.05, 0) is 18.8 Å². The quantitative estimate of drug-likeness (QED) is 0.740. The maximum absolute atomic E-state index is 11.5. The van der Waals surface area contributed by atoms with Gasteiger partial charge in [0.25, 0.3) is 0 Å². The van der Waals surface area contributed by atoms with Crippen molar-refractivity contribution >= 4 is 5.91 Å². The highest BCUT2D eigenvalue weighted by Gasteiger charge is 2.22. The number of carbonyl (C=O) groups excluding carboxylic acids is 1. The molecule has 14 heavy (non-hydrogen) atoms. The molecule has 1 aliphatic rings. The summed E-state index contributed by atoms with van der Waals surface area (Å²) in [6, 6.07) is 0.448. The summed E-state index contributed by atoms with van der Waals surface area (Å²) >= 11 is 0. The second-order valence-corrected chi connectivity index (χ2v) is 4.80. The van der Waals surface area contributed by atoms with Gasteiger partial charge in [-0.15, -0.1) is 0 Å². The Bertz CT molecular complexity index is 189. The number of hydrogen-bond donors (Lipinski definition) is 1. The summed E-state index contributed by atoms with van der Waals surface area (Å²) in [7, 11) is 0. The number of hydrogen-bond acceptors (Lipinski definition) is 1. The van der Waals surface area contributed by atoms with E-state index in [4.69, 9.17) is 0 Å². The van der Waals surface area contributed by atoms with Gasteiger partial charge in [-0.2, -0.15) is 0 Å². The van der Waals surface area contributed by atoms with Crippen molar-refractivity contribution in [1.29, 1.82) is 0 Å². The van der Waals surface area contributed by atoms with E-state index in [0.717, 1.165) is 5.92 Å². The van der Waals surface area contributed by atoms with Crippen LogP contribution in [0.15, 0.2) is 0 Å². The highest BCUT2D eigenvalue weighted by molar-refractivity contribution is 5.78. The van der Waals surface area contributed by atoms with Crippen molar-refractivity contribution in [3.8, 4) is 0 Å². The number of carbonyl (C=O) groups is 1. The third-order valence-electron chi connectivity index (χ3n) is 3.23.